The van der Waals surface area contributed by atoms with Gasteiger partial charge < -0.3 is 10.2 Å². The molecule has 19 heavy (non-hydrogen) atoms. The lowest BCUT2D eigenvalue weighted by Gasteiger charge is -2.21. The van der Waals surface area contributed by atoms with Crippen molar-refractivity contribution in [2.75, 3.05) is 33.7 Å². The molecule has 0 bridgehead atoms. The Balaban J connectivity index is 1.80. The average Bonchev–Trinajstić information content (AvgIpc) is 2.87. The first-order chi connectivity index (χ1) is 9.19. The fourth-order valence-electron chi connectivity index (χ4n) is 2.47. The molecule has 1 atom stereocenters. The number of nitrogens with zero attached hydrogens (tertiary/aromatic N) is 2. The Morgan fingerprint density at radius 3 is 2.79 bits per heavy atom. The van der Waals surface area contributed by atoms with E-state index in [0.717, 1.165) is 19.5 Å². The zero-order chi connectivity index (χ0) is 13.7. The van der Waals surface area contributed by atoms with Crippen molar-refractivity contribution in [3.8, 4) is 0 Å². The predicted octanol–water partition coefficient (Wildman–Crippen LogP) is 0.939. The van der Waals surface area contributed by atoms with Crippen molar-refractivity contribution in [2.45, 2.75) is 19.0 Å². The number of benzene rings is 1. The molecule has 1 N–H and O–H groups in total. The van der Waals surface area contributed by atoms with Crippen molar-refractivity contribution in [1.29, 1.82) is 0 Å². The third kappa shape index (κ3) is 4.04. The van der Waals surface area contributed by atoms with E-state index in [1.54, 1.807) is 0 Å². The summed E-state index contributed by atoms with van der Waals surface area (Å²) >= 11 is 0. The summed E-state index contributed by atoms with van der Waals surface area (Å²) in [6.07, 6.45) is 1.13. The summed E-state index contributed by atoms with van der Waals surface area (Å²) in [5.74, 6) is 0.195. The van der Waals surface area contributed by atoms with Crippen LogP contribution in [0, 0.1) is 0 Å². The fraction of sp³-hybridized carbons (Fsp3) is 0.533. The van der Waals surface area contributed by atoms with Crippen LogP contribution < -0.4 is 5.32 Å². The van der Waals surface area contributed by atoms with Crippen LogP contribution in [0.2, 0.25) is 0 Å². The summed E-state index contributed by atoms with van der Waals surface area (Å²) in [4.78, 5) is 16.2. The largest absolute Gasteiger partial charge is 0.340 e. The van der Waals surface area contributed by atoms with Crippen molar-refractivity contribution in [2.24, 2.45) is 0 Å². The highest BCUT2D eigenvalue weighted by Gasteiger charge is 2.23. The van der Waals surface area contributed by atoms with E-state index in [1.165, 1.54) is 5.56 Å². The van der Waals surface area contributed by atoms with Gasteiger partial charge in [0.05, 0.1) is 6.54 Å². The Bertz CT molecular complexity index is 407. The number of likely N-dealkylation sites (N-methyl/N-ethyl adjacent to an activating group) is 2. The minimum atomic E-state index is 0.195. The van der Waals surface area contributed by atoms with E-state index < -0.39 is 0 Å². The number of hydrogen-bond donors (Lipinski definition) is 1. The topological polar surface area (TPSA) is 35.6 Å². The third-order valence-electron chi connectivity index (χ3n) is 3.73. The van der Waals surface area contributed by atoms with E-state index in [1.807, 2.05) is 37.2 Å². The molecule has 4 nitrogen and oxygen atoms in total. The van der Waals surface area contributed by atoms with E-state index in [2.05, 4.69) is 22.3 Å². The Morgan fingerprint density at radius 1 is 1.42 bits per heavy atom. The lowest BCUT2D eigenvalue weighted by atomic mass is 10.2. The first kappa shape index (κ1) is 14.0. The molecule has 1 aliphatic heterocycles. The van der Waals surface area contributed by atoms with Crippen LogP contribution in [0.1, 0.15) is 12.0 Å². The minimum absolute atomic E-state index is 0.195. The first-order valence-electron chi connectivity index (χ1n) is 6.86. The van der Waals surface area contributed by atoms with Crippen LogP contribution >= 0.6 is 0 Å². The van der Waals surface area contributed by atoms with Gasteiger partial charge in [-0.2, -0.15) is 0 Å². The second kappa shape index (κ2) is 6.68. The van der Waals surface area contributed by atoms with Crippen LogP contribution in [0.25, 0.3) is 0 Å². The molecule has 1 amide bonds. The van der Waals surface area contributed by atoms with Crippen LogP contribution in [0.4, 0.5) is 0 Å². The van der Waals surface area contributed by atoms with E-state index in [0.29, 0.717) is 19.1 Å². The second-order valence-electron chi connectivity index (χ2n) is 5.24. The van der Waals surface area contributed by atoms with Crippen LogP contribution in [-0.2, 0) is 11.3 Å². The molecule has 0 aromatic heterocycles. The van der Waals surface area contributed by atoms with Crippen LogP contribution in [0.3, 0.4) is 0 Å². The minimum Gasteiger partial charge on any atom is -0.340 e. The number of rotatable bonds is 5. The molecule has 0 spiro atoms. The van der Waals surface area contributed by atoms with Crippen molar-refractivity contribution >= 4 is 5.91 Å². The quantitative estimate of drug-likeness (QED) is 0.857. The van der Waals surface area contributed by atoms with E-state index in [4.69, 9.17) is 0 Å². The summed E-state index contributed by atoms with van der Waals surface area (Å²) in [6.45, 7) is 3.20. The highest BCUT2D eigenvalue weighted by Crippen LogP contribution is 2.09. The van der Waals surface area contributed by atoms with Gasteiger partial charge in [0, 0.05) is 32.7 Å². The molecule has 4 heteroatoms. The van der Waals surface area contributed by atoms with Gasteiger partial charge in [-0.05, 0) is 19.0 Å². The summed E-state index contributed by atoms with van der Waals surface area (Å²) in [7, 11) is 3.86. The molecular weight excluding hydrogens is 238 g/mol. The summed E-state index contributed by atoms with van der Waals surface area (Å²) in [5, 5.41) is 3.27. The zero-order valence-electron chi connectivity index (χ0n) is 11.8. The Kier molecular flexibility index (Phi) is 4.93. The highest BCUT2D eigenvalue weighted by molar-refractivity contribution is 5.78. The molecule has 1 aliphatic rings. The zero-order valence-corrected chi connectivity index (χ0v) is 11.8. The van der Waals surface area contributed by atoms with Crippen molar-refractivity contribution in [1.82, 2.24) is 15.1 Å². The normalized spacial score (nSPS) is 19.6. The number of likely N-dealkylation sites (tertiary alicyclic amines) is 1. The lowest BCUT2D eigenvalue weighted by Crippen LogP contribution is -2.38. The molecule has 0 radical (unpaired) electrons. The molecular formula is C15H23N3O. The number of amides is 1. The van der Waals surface area contributed by atoms with E-state index >= 15 is 0 Å². The molecule has 2 rings (SSSR count). The molecule has 104 valence electrons. The highest BCUT2D eigenvalue weighted by atomic mass is 16.2. The number of carbonyl (C=O) groups is 1. The van der Waals surface area contributed by atoms with Crippen molar-refractivity contribution in [3.05, 3.63) is 35.9 Å². The first-order valence-corrected chi connectivity index (χ1v) is 6.86. The Hall–Kier alpha value is -1.39. The van der Waals surface area contributed by atoms with Crippen molar-refractivity contribution < 1.29 is 4.79 Å². The smallest absolute Gasteiger partial charge is 0.236 e. The van der Waals surface area contributed by atoms with Gasteiger partial charge in [-0.1, -0.05) is 30.3 Å². The molecule has 1 unspecified atom stereocenters. The molecule has 0 saturated carbocycles. The molecule has 1 aromatic rings. The second-order valence-corrected chi connectivity index (χ2v) is 5.24. The molecule has 1 heterocycles. The van der Waals surface area contributed by atoms with Gasteiger partial charge in [0.25, 0.3) is 0 Å². The van der Waals surface area contributed by atoms with Crippen LogP contribution in [0.5, 0.6) is 0 Å². The van der Waals surface area contributed by atoms with Crippen LogP contribution in [0.15, 0.2) is 30.3 Å². The third-order valence-corrected chi connectivity index (χ3v) is 3.73. The maximum Gasteiger partial charge on any atom is 0.236 e. The van der Waals surface area contributed by atoms with Gasteiger partial charge in [-0.25, -0.2) is 0 Å². The standard InChI is InChI=1S/C15H23N3O/c1-16-14-8-9-18(11-14)12-15(19)17(2)10-13-6-4-3-5-7-13/h3-7,14,16H,8-12H2,1-2H3. The van der Waals surface area contributed by atoms with Gasteiger partial charge >= 0.3 is 0 Å². The van der Waals surface area contributed by atoms with Gasteiger partial charge in [-0.3, -0.25) is 9.69 Å². The SMILES string of the molecule is CNC1CCN(CC(=O)N(C)Cc2ccccc2)C1. The Labute approximate surface area is 115 Å². The maximum absolute atomic E-state index is 12.2. The van der Waals surface area contributed by atoms with E-state index in [-0.39, 0.29) is 5.91 Å². The van der Waals surface area contributed by atoms with Gasteiger partial charge in [0.2, 0.25) is 5.91 Å². The van der Waals surface area contributed by atoms with E-state index in [9.17, 15) is 4.79 Å². The number of hydrogen-bond acceptors (Lipinski definition) is 3. The van der Waals surface area contributed by atoms with Crippen molar-refractivity contribution in [3.63, 3.8) is 0 Å². The summed E-state index contributed by atoms with van der Waals surface area (Å²) in [6, 6.07) is 10.6. The lowest BCUT2D eigenvalue weighted by molar-refractivity contribution is -0.131. The predicted molar refractivity (Wildman–Crippen MR) is 76.8 cm³/mol. The summed E-state index contributed by atoms with van der Waals surface area (Å²) in [5.41, 5.74) is 1.17. The molecule has 1 fully saturated rings. The fourth-order valence-corrected chi connectivity index (χ4v) is 2.47. The van der Waals surface area contributed by atoms with Gasteiger partial charge in [0.15, 0.2) is 0 Å². The number of nitrogens with one attached hydrogen (secondary N) is 1. The monoisotopic (exact) mass is 261 g/mol. The van der Waals surface area contributed by atoms with Gasteiger partial charge in [-0.15, -0.1) is 0 Å². The maximum atomic E-state index is 12.2. The molecule has 1 aromatic carbocycles. The average molecular weight is 261 g/mol. The summed E-state index contributed by atoms with van der Waals surface area (Å²) < 4.78 is 0. The Morgan fingerprint density at radius 2 is 2.16 bits per heavy atom. The number of carbonyl (C=O) groups excluding carboxylic acids is 1. The van der Waals surface area contributed by atoms with Crippen LogP contribution in [-0.4, -0.2) is 55.5 Å². The molecule has 0 aliphatic carbocycles. The molecule has 1 saturated heterocycles. The van der Waals surface area contributed by atoms with Gasteiger partial charge in [0.1, 0.15) is 0 Å².